The van der Waals surface area contributed by atoms with Gasteiger partial charge in [0, 0.05) is 5.56 Å². The summed E-state index contributed by atoms with van der Waals surface area (Å²) in [7, 11) is 0. The number of rotatable bonds is 4. The molecule has 0 amide bonds. The van der Waals surface area contributed by atoms with Gasteiger partial charge in [0.2, 0.25) is 0 Å². The monoisotopic (exact) mass is 226 g/mol. The normalized spacial score (nSPS) is 14.8. The standard InChI is InChI=1S/C15H14O2/c16-9-12-3-4-14-8-15(6-5-13(14)7-12)17-10-11-1-2-11/h3-9,11H,1-2,10H2. The smallest absolute Gasteiger partial charge is 0.150 e. The molecule has 0 spiro atoms. The average Bonchev–Trinajstić information content (AvgIpc) is 3.19. The Hall–Kier alpha value is -1.83. The van der Waals surface area contributed by atoms with Crippen LogP contribution in [-0.2, 0) is 0 Å². The Morgan fingerprint density at radius 1 is 1.12 bits per heavy atom. The van der Waals surface area contributed by atoms with Gasteiger partial charge in [0.15, 0.2) is 0 Å². The van der Waals surface area contributed by atoms with Gasteiger partial charge in [-0.15, -0.1) is 0 Å². The zero-order valence-electron chi connectivity index (χ0n) is 9.56. The van der Waals surface area contributed by atoms with E-state index in [2.05, 4.69) is 0 Å². The lowest BCUT2D eigenvalue weighted by Gasteiger charge is -2.06. The summed E-state index contributed by atoms with van der Waals surface area (Å²) in [5, 5.41) is 2.19. The van der Waals surface area contributed by atoms with Crippen molar-refractivity contribution in [1.82, 2.24) is 0 Å². The van der Waals surface area contributed by atoms with E-state index in [1.165, 1.54) is 12.8 Å². The molecule has 2 aromatic carbocycles. The number of aldehydes is 1. The van der Waals surface area contributed by atoms with Crippen LogP contribution in [0.1, 0.15) is 23.2 Å². The fourth-order valence-electron chi connectivity index (χ4n) is 1.90. The second-order valence-corrected chi connectivity index (χ2v) is 4.64. The molecule has 0 aliphatic heterocycles. The Morgan fingerprint density at radius 3 is 2.65 bits per heavy atom. The minimum Gasteiger partial charge on any atom is -0.493 e. The van der Waals surface area contributed by atoms with Gasteiger partial charge in [-0.3, -0.25) is 4.79 Å². The predicted molar refractivity (Wildman–Crippen MR) is 67.6 cm³/mol. The largest absolute Gasteiger partial charge is 0.493 e. The highest BCUT2D eigenvalue weighted by atomic mass is 16.5. The number of ether oxygens (including phenoxy) is 1. The zero-order chi connectivity index (χ0) is 11.7. The van der Waals surface area contributed by atoms with Gasteiger partial charge < -0.3 is 4.74 Å². The van der Waals surface area contributed by atoms with Crippen LogP contribution in [0.2, 0.25) is 0 Å². The lowest BCUT2D eigenvalue weighted by Crippen LogP contribution is -1.98. The number of benzene rings is 2. The predicted octanol–water partition coefficient (Wildman–Crippen LogP) is 3.44. The molecule has 1 aliphatic rings. The van der Waals surface area contributed by atoms with Crippen LogP contribution in [0.5, 0.6) is 5.75 Å². The third-order valence-corrected chi connectivity index (χ3v) is 3.15. The van der Waals surface area contributed by atoms with Gasteiger partial charge in [-0.1, -0.05) is 18.2 Å². The molecule has 17 heavy (non-hydrogen) atoms. The summed E-state index contributed by atoms with van der Waals surface area (Å²) in [6.07, 6.45) is 3.48. The maximum absolute atomic E-state index is 10.7. The first-order valence-corrected chi connectivity index (χ1v) is 5.97. The van der Waals surface area contributed by atoms with Gasteiger partial charge in [-0.25, -0.2) is 0 Å². The molecule has 2 aromatic rings. The lowest BCUT2D eigenvalue weighted by molar-refractivity contribution is 0.112. The van der Waals surface area contributed by atoms with E-state index in [4.69, 9.17) is 4.74 Å². The topological polar surface area (TPSA) is 26.3 Å². The van der Waals surface area contributed by atoms with Crippen LogP contribution in [0.15, 0.2) is 36.4 Å². The molecule has 1 aliphatic carbocycles. The van der Waals surface area contributed by atoms with Crippen LogP contribution in [-0.4, -0.2) is 12.9 Å². The number of carbonyl (C=O) groups is 1. The van der Waals surface area contributed by atoms with Gasteiger partial charge in [0.05, 0.1) is 6.61 Å². The Kier molecular flexibility index (Phi) is 2.56. The quantitative estimate of drug-likeness (QED) is 0.746. The average molecular weight is 226 g/mol. The highest BCUT2D eigenvalue weighted by Crippen LogP contribution is 2.30. The molecule has 0 aromatic heterocycles. The summed E-state index contributed by atoms with van der Waals surface area (Å²) in [6, 6.07) is 11.7. The van der Waals surface area contributed by atoms with Crippen LogP contribution in [0, 0.1) is 5.92 Å². The summed E-state index contributed by atoms with van der Waals surface area (Å²) in [5.74, 6) is 1.69. The summed E-state index contributed by atoms with van der Waals surface area (Å²) >= 11 is 0. The molecule has 2 nitrogen and oxygen atoms in total. The van der Waals surface area contributed by atoms with Crippen molar-refractivity contribution in [3.05, 3.63) is 42.0 Å². The Labute approximate surface area is 100 Å². The van der Waals surface area contributed by atoms with Crippen LogP contribution >= 0.6 is 0 Å². The number of carbonyl (C=O) groups excluding carboxylic acids is 1. The van der Waals surface area contributed by atoms with Crippen molar-refractivity contribution in [1.29, 1.82) is 0 Å². The highest BCUT2D eigenvalue weighted by Gasteiger charge is 2.21. The van der Waals surface area contributed by atoms with Gasteiger partial charge >= 0.3 is 0 Å². The Balaban J connectivity index is 1.86. The van der Waals surface area contributed by atoms with Gasteiger partial charge in [0.1, 0.15) is 12.0 Å². The maximum atomic E-state index is 10.7. The molecule has 0 saturated heterocycles. The van der Waals surface area contributed by atoms with E-state index in [-0.39, 0.29) is 0 Å². The van der Waals surface area contributed by atoms with E-state index in [0.29, 0.717) is 5.56 Å². The van der Waals surface area contributed by atoms with E-state index in [1.807, 2.05) is 36.4 Å². The molecule has 0 N–H and O–H groups in total. The lowest BCUT2D eigenvalue weighted by atomic mass is 10.1. The molecule has 2 heteroatoms. The molecule has 0 unspecified atom stereocenters. The first-order chi connectivity index (χ1) is 8.35. The number of hydrogen-bond acceptors (Lipinski definition) is 2. The molecule has 0 bridgehead atoms. The van der Waals surface area contributed by atoms with E-state index in [9.17, 15) is 4.79 Å². The van der Waals surface area contributed by atoms with Crippen molar-refractivity contribution in [2.75, 3.05) is 6.61 Å². The van der Waals surface area contributed by atoms with Crippen LogP contribution < -0.4 is 4.74 Å². The third kappa shape index (κ3) is 2.31. The van der Waals surface area contributed by atoms with Gasteiger partial charge in [-0.2, -0.15) is 0 Å². The number of hydrogen-bond donors (Lipinski definition) is 0. The first-order valence-electron chi connectivity index (χ1n) is 5.97. The van der Waals surface area contributed by atoms with Crippen molar-refractivity contribution < 1.29 is 9.53 Å². The van der Waals surface area contributed by atoms with Crippen LogP contribution in [0.4, 0.5) is 0 Å². The summed E-state index contributed by atoms with van der Waals surface area (Å²) in [5.41, 5.74) is 0.712. The van der Waals surface area contributed by atoms with E-state index in [1.54, 1.807) is 0 Å². The van der Waals surface area contributed by atoms with Gasteiger partial charge in [0.25, 0.3) is 0 Å². The second-order valence-electron chi connectivity index (χ2n) is 4.64. The molecular formula is C15H14O2. The molecule has 0 atom stereocenters. The van der Waals surface area contributed by atoms with Crippen molar-refractivity contribution in [3.63, 3.8) is 0 Å². The summed E-state index contributed by atoms with van der Waals surface area (Å²) in [6.45, 7) is 0.831. The minimum absolute atomic E-state index is 0.712. The second kappa shape index (κ2) is 4.21. The van der Waals surface area contributed by atoms with Crippen LogP contribution in [0.3, 0.4) is 0 Å². The summed E-state index contributed by atoms with van der Waals surface area (Å²) in [4.78, 5) is 10.7. The van der Waals surface area contributed by atoms with Gasteiger partial charge in [-0.05, 0) is 47.7 Å². The Morgan fingerprint density at radius 2 is 1.88 bits per heavy atom. The molecule has 3 rings (SSSR count). The van der Waals surface area contributed by atoms with Crippen molar-refractivity contribution in [2.24, 2.45) is 5.92 Å². The SMILES string of the molecule is O=Cc1ccc2cc(OCC3CC3)ccc2c1. The van der Waals surface area contributed by atoms with Crippen molar-refractivity contribution in [3.8, 4) is 5.75 Å². The fraction of sp³-hybridized carbons (Fsp3) is 0.267. The molecule has 1 saturated carbocycles. The van der Waals surface area contributed by atoms with E-state index in [0.717, 1.165) is 35.3 Å². The fourth-order valence-corrected chi connectivity index (χ4v) is 1.90. The third-order valence-electron chi connectivity index (χ3n) is 3.15. The van der Waals surface area contributed by atoms with Crippen LogP contribution in [0.25, 0.3) is 10.8 Å². The minimum atomic E-state index is 0.712. The van der Waals surface area contributed by atoms with E-state index < -0.39 is 0 Å². The molecule has 1 fully saturated rings. The van der Waals surface area contributed by atoms with E-state index >= 15 is 0 Å². The maximum Gasteiger partial charge on any atom is 0.150 e. The van der Waals surface area contributed by atoms with Crippen molar-refractivity contribution in [2.45, 2.75) is 12.8 Å². The molecular weight excluding hydrogens is 212 g/mol. The highest BCUT2D eigenvalue weighted by molar-refractivity contribution is 5.89. The summed E-state index contributed by atoms with van der Waals surface area (Å²) < 4.78 is 5.73. The molecule has 86 valence electrons. The molecule has 0 radical (unpaired) electrons. The molecule has 0 heterocycles. The number of fused-ring (bicyclic) bond motifs is 1. The first kappa shape index (κ1) is 10.3. The van der Waals surface area contributed by atoms with Crippen molar-refractivity contribution >= 4 is 17.1 Å². The zero-order valence-corrected chi connectivity index (χ0v) is 9.56. The Bertz CT molecular complexity index is 556.